The number of hydrogen-bond donors (Lipinski definition) is 1. The van der Waals surface area contributed by atoms with Gasteiger partial charge >= 0.3 is 0 Å². The van der Waals surface area contributed by atoms with Gasteiger partial charge in [0.15, 0.2) is 0 Å². The van der Waals surface area contributed by atoms with E-state index >= 15 is 0 Å². The Balaban J connectivity index is 2.05. The highest BCUT2D eigenvalue weighted by molar-refractivity contribution is 4.96. The zero-order valence-corrected chi connectivity index (χ0v) is 12.3. The molecule has 1 saturated heterocycles. The Bertz CT molecular complexity index is 252. The highest BCUT2D eigenvalue weighted by atomic mass is 15.2. The summed E-state index contributed by atoms with van der Waals surface area (Å²) in [5, 5.41) is 3.56. The van der Waals surface area contributed by atoms with Crippen molar-refractivity contribution in [1.82, 2.24) is 10.2 Å². The van der Waals surface area contributed by atoms with Crippen molar-refractivity contribution in [1.29, 1.82) is 0 Å². The fraction of sp³-hybridized carbons (Fsp3) is 1.00. The lowest BCUT2D eigenvalue weighted by Gasteiger charge is -2.45. The summed E-state index contributed by atoms with van der Waals surface area (Å²) in [6, 6.07) is 1.47. The Morgan fingerprint density at radius 2 is 1.71 bits per heavy atom. The van der Waals surface area contributed by atoms with Gasteiger partial charge in [0.1, 0.15) is 0 Å². The minimum atomic E-state index is 0.535. The van der Waals surface area contributed by atoms with E-state index in [1.807, 2.05) is 0 Å². The average molecular weight is 238 g/mol. The van der Waals surface area contributed by atoms with Crippen molar-refractivity contribution < 1.29 is 0 Å². The summed E-state index contributed by atoms with van der Waals surface area (Å²) < 4.78 is 0. The van der Waals surface area contributed by atoms with Gasteiger partial charge in [-0.15, -0.1) is 0 Å². The smallest absolute Gasteiger partial charge is 0.0254 e. The van der Waals surface area contributed by atoms with Gasteiger partial charge in [-0.25, -0.2) is 0 Å². The summed E-state index contributed by atoms with van der Waals surface area (Å²) in [5.41, 5.74) is 0.535. The van der Waals surface area contributed by atoms with Gasteiger partial charge in [-0.1, -0.05) is 27.7 Å². The minimum absolute atomic E-state index is 0.535. The average Bonchev–Trinajstić information content (AvgIpc) is 2.58. The van der Waals surface area contributed by atoms with Crippen molar-refractivity contribution in [2.24, 2.45) is 17.3 Å². The summed E-state index contributed by atoms with van der Waals surface area (Å²) in [6.07, 6.45) is 4.07. The third-order valence-corrected chi connectivity index (χ3v) is 5.21. The molecule has 4 unspecified atom stereocenters. The van der Waals surface area contributed by atoms with Gasteiger partial charge in [-0.2, -0.15) is 0 Å². The van der Waals surface area contributed by atoms with E-state index in [1.54, 1.807) is 0 Å². The number of rotatable bonds is 2. The molecule has 1 aliphatic carbocycles. The molecule has 0 radical (unpaired) electrons. The summed E-state index contributed by atoms with van der Waals surface area (Å²) in [7, 11) is 2.14. The zero-order chi connectivity index (χ0) is 12.6. The summed E-state index contributed by atoms with van der Waals surface area (Å²) in [6.45, 7) is 12.3. The number of nitrogens with zero attached hydrogens (tertiary/aromatic N) is 1. The van der Waals surface area contributed by atoms with Crippen molar-refractivity contribution in [2.45, 2.75) is 59.0 Å². The lowest BCUT2D eigenvalue weighted by atomic mass is 9.72. The van der Waals surface area contributed by atoms with E-state index in [4.69, 9.17) is 0 Å². The molecule has 1 aliphatic heterocycles. The predicted molar refractivity (Wildman–Crippen MR) is 74.2 cm³/mol. The molecule has 0 spiro atoms. The van der Waals surface area contributed by atoms with Crippen molar-refractivity contribution in [3.63, 3.8) is 0 Å². The van der Waals surface area contributed by atoms with Crippen LogP contribution in [0.1, 0.15) is 47.0 Å². The predicted octanol–water partition coefficient (Wildman–Crippen LogP) is 2.74. The maximum atomic E-state index is 3.56. The van der Waals surface area contributed by atoms with E-state index in [0.717, 1.165) is 17.9 Å². The van der Waals surface area contributed by atoms with Gasteiger partial charge in [-0.05, 0) is 43.6 Å². The molecular formula is C15H30N2. The van der Waals surface area contributed by atoms with Crippen molar-refractivity contribution >= 4 is 0 Å². The van der Waals surface area contributed by atoms with Gasteiger partial charge in [-0.3, -0.25) is 4.90 Å². The second kappa shape index (κ2) is 4.89. The Morgan fingerprint density at radius 3 is 2.24 bits per heavy atom. The van der Waals surface area contributed by atoms with Gasteiger partial charge in [0.2, 0.25) is 0 Å². The lowest BCUT2D eigenvalue weighted by Crippen LogP contribution is -2.53. The first-order chi connectivity index (χ1) is 7.93. The van der Waals surface area contributed by atoms with E-state index in [1.165, 1.54) is 32.4 Å². The van der Waals surface area contributed by atoms with E-state index in [0.29, 0.717) is 11.5 Å². The van der Waals surface area contributed by atoms with Crippen molar-refractivity contribution in [3.05, 3.63) is 0 Å². The quantitative estimate of drug-likeness (QED) is 0.796. The van der Waals surface area contributed by atoms with Gasteiger partial charge in [0.25, 0.3) is 0 Å². The van der Waals surface area contributed by atoms with Crippen LogP contribution in [0.2, 0.25) is 0 Å². The molecule has 0 bridgehead atoms. The van der Waals surface area contributed by atoms with Gasteiger partial charge < -0.3 is 5.32 Å². The molecule has 2 rings (SSSR count). The molecule has 17 heavy (non-hydrogen) atoms. The second-order valence-corrected chi connectivity index (χ2v) is 7.28. The minimum Gasteiger partial charge on any atom is -0.315 e. The van der Waals surface area contributed by atoms with Crippen LogP contribution in [0.3, 0.4) is 0 Å². The van der Waals surface area contributed by atoms with Crippen molar-refractivity contribution in [2.75, 3.05) is 20.1 Å². The summed E-state index contributed by atoms with van der Waals surface area (Å²) in [5.74, 6) is 1.75. The fourth-order valence-electron chi connectivity index (χ4n) is 3.71. The normalized spacial score (nSPS) is 42.9. The topological polar surface area (TPSA) is 15.3 Å². The third kappa shape index (κ3) is 2.85. The molecule has 0 amide bonds. The van der Waals surface area contributed by atoms with E-state index in [-0.39, 0.29) is 0 Å². The third-order valence-electron chi connectivity index (χ3n) is 5.21. The first kappa shape index (κ1) is 13.4. The highest BCUT2D eigenvalue weighted by Gasteiger charge is 2.40. The molecule has 2 aliphatic rings. The maximum absolute atomic E-state index is 3.56. The Kier molecular flexibility index (Phi) is 3.84. The Morgan fingerprint density at radius 1 is 1.12 bits per heavy atom. The molecule has 2 fully saturated rings. The molecule has 2 heteroatoms. The monoisotopic (exact) mass is 238 g/mol. The molecule has 1 N–H and O–H groups in total. The Hall–Kier alpha value is -0.0800. The van der Waals surface area contributed by atoms with Crippen LogP contribution in [0.25, 0.3) is 0 Å². The first-order valence-corrected chi connectivity index (χ1v) is 7.34. The van der Waals surface area contributed by atoms with E-state index < -0.39 is 0 Å². The number of likely N-dealkylation sites (N-methyl/N-ethyl adjacent to an activating group) is 1. The molecular weight excluding hydrogens is 208 g/mol. The largest absolute Gasteiger partial charge is 0.315 e. The molecule has 100 valence electrons. The molecule has 2 nitrogen and oxygen atoms in total. The second-order valence-electron chi connectivity index (χ2n) is 7.28. The lowest BCUT2D eigenvalue weighted by molar-refractivity contribution is 0.0803. The number of likely N-dealkylation sites (tertiary alicyclic amines) is 1. The van der Waals surface area contributed by atoms with Gasteiger partial charge in [0, 0.05) is 25.2 Å². The molecule has 1 saturated carbocycles. The van der Waals surface area contributed by atoms with E-state index in [2.05, 4.69) is 45.0 Å². The summed E-state index contributed by atoms with van der Waals surface area (Å²) >= 11 is 0. The Labute approximate surface area is 107 Å². The summed E-state index contributed by atoms with van der Waals surface area (Å²) in [4.78, 5) is 2.76. The van der Waals surface area contributed by atoms with Crippen molar-refractivity contribution in [3.8, 4) is 0 Å². The van der Waals surface area contributed by atoms with Crippen LogP contribution < -0.4 is 5.32 Å². The van der Waals surface area contributed by atoms with Crippen LogP contribution in [0.15, 0.2) is 0 Å². The van der Waals surface area contributed by atoms with Gasteiger partial charge in [0.05, 0.1) is 0 Å². The van der Waals surface area contributed by atoms with Crippen LogP contribution in [-0.2, 0) is 0 Å². The van der Waals surface area contributed by atoms with Crippen LogP contribution >= 0.6 is 0 Å². The first-order valence-electron chi connectivity index (χ1n) is 7.34. The SMILES string of the molecule is CNC1CCC(C)(C)CC1N1CC(C)C(C)C1. The van der Waals surface area contributed by atoms with E-state index in [9.17, 15) is 0 Å². The molecule has 4 atom stereocenters. The van der Waals surface area contributed by atoms with Crippen LogP contribution in [0.4, 0.5) is 0 Å². The van der Waals surface area contributed by atoms with Crippen LogP contribution in [0.5, 0.6) is 0 Å². The standard InChI is InChI=1S/C15H30N2/c1-11-9-17(10-12(11)2)14-8-15(3,4)7-6-13(14)16-5/h11-14,16H,6-10H2,1-5H3. The maximum Gasteiger partial charge on any atom is 0.0254 e. The van der Waals surface area contributed by atoms with Crippen LogP contribution in [0, 0.1) is 17.3 Å². The molecule has 0 aromatic heterocycles. The highest BCUT2D eigenvalue weighted by Crippen LogP contribution is 2.39. The molecule has 0 aromatic carbocycles. The number of hydrogen-bond acceptors (Lipinski definition) is 2. The molecule has 1 heterocycles. The number of nitrogens with one attached hydrogen (secondary N) is 1. The molecule has 0 aromatic rings. The zero-order valence-electron chi connectivity index (χ0n) is 12.3. The fourth-order valence-corrected chi connectivity index (χ4v) is 3.71. The van der Waals surface area contributed by atoms with Crippen LogP contribution in [-0.4, -0.2) is 37.1 Å².